The Morgan fingerprint density at radius 2 is 2.29 bits per heavy atom. The predicted molar refractivity (Wildman–Crippen MR) is 87.9 cm³/mol. The van der Waals surface area contributed by atoms with Crippen LogP contribution in [0, 0.1) is 0 Å². The third kappa shape index (κ3) is 3.27. The SMILES string of the molecule is COc1cccc(Cl)c1C1CN(c2cc(C(=O)O)ncn2)CCO1. The van der Waals surface area contributed by atoms with E-state index in [1.807, 2.05) is 17.0 Å². The number of anilines is 1. The van der Waals surface area contributed by atoms with Gasteiger partial charge in [0.2, 0.25) is 0 Å². The lowest BCUT2D eigenvalue weighted by molar-refractivity contribution is 0.0380. The molecule has 1 saturated heterocycles. The molecule has 3 rings (SSSR count). The van der Waals surface area contributed by atoms with Crippen LogP contribution in [0.2, 0.25) is 5.02 Å². The number of carboxylic acid groups (broad SMARTS) is 1. The molecule has 1 aliphatic heterocycles. The van der Waals surface area contributed by atoms with E-state index in [0.717, 1.165) is 5.56 Å². The molecule has 1 aliphatic rings. The number of carboxylic acids is 1. The molecule has 1 aromatic heterocycles. The summed E-state index contributed by atoms with van der Waals surface area (Å²) in [5, 5.41) is 9.64. The van der Waals surface area contributed by atoms with Crippen LogP contribution in [0.3, 0.4) is 0 Å². The van der Waals surface area contributed by atoms with E-state index in [2.05, 4.69) is 9.97 Å². The maximum absolute atomic E-state index is 11.1. The highest BCUT2D eigenvalue weighted by atomic mass is 35.5. The first-order chi connectivity index (χ1) is 11.6. The number of hydrogen-bond donors (Lipinski definition) is 1. The van der Waals surface area contributed by atoms with Crippen molar-refractivity contribution in [3.63, 3.8) is 0 Å². The smallest absolute Gasteiger partial charge is 0.354 e. The van der Waals surface area contributed by atoms with Crippen molar-refractivity contribution in [1.29, 1.82) is 0 Å². The fourth-order valence-electron chi connectivity index (χ4n) is 2.68. The molecule has 2 aromatic rings. The van der Waals surface area contributed by atoms with Gasteiger partial charge in [0.1, 0.15) is 24.0 Å². The van der Waals surface area contributed by atoms with E-state index < -0.39 is 5.97 Å². The van der Waals surface area contributed by atoms with E-state index in [0.29, 0.717) is 36.3 Å². The van der Waals surface area contributed by atoms with Crippen LogP contribution in [-0.2, 0) is 4.74 Å². The number of carbonyl (C=O) groups is 1. The topological polar surface area (TPSA) is 84.8 Å². The molecule has 1 aromatic carbocycles. The van der Waals surface area contributed by atoms with E-state index in [1.165, 1.54) is 12.4 Å². The number of ether oxygens (including phenoxy) is 2. The zero-order chi connectivity index (χ0) is 17.1. The molecule has 2 heterocycles. The third-order valence-corrected chi connectivity index (χ3v) is 4.15. The van der Waals surface area contributed by atoms with Crippen LogP contribution in [-0.4, -0.2) is 47.8 Å². The first-order valence-corrected chi connectivity index (χ1v) is 7.72. The van der Waals surface area contributed by atoms with E-state index in [1.54, 1.807) is 13.2 Å². The standard InChI is InChI=1S/C16H16ClN3O4/c1-23-12-4-2-3-10(17)15(12)13-8-20(5-6-24-13)14-7-11(16(21)22)18-9-19-14/h2-4,7,9,13H,5-6,8H2,1H3,(H,21,22). The molecule has 1 N–H and O–H groups in total. The van der Waals surface area contributed by atoms with E-state index in [9.17, 15) is 4.79 Å². The van der Waals surface area contributed by atoms with Crippen molar-refractivity contribution in [2.24, 2.45) is 0 Å². The summed E-state index contributed by atoms with van der Waals surface area (Å²) in [4.78, 5) is 20.9. The number of nitrogens with zero attached hydrogens (tertiary/aromatic N) is 3. The Bertz CT molecular complexity index is 756. The monoisotopic (exact) mass is 349 g/mol. The second-order valence-electron chi connectivity index (χ2n) is 5.23. The molecular formula is C16H16ClN3O4. The van der Waals surface area contributed by atoms with Crippen LogP contribution in [0.4, 0.5) is 5.82 Å². The molecule has 1 unspecified atom stereocenters. The largest absolute Gasteiger partial charge is 0.496 e. The van der Waals surface area contributed by atoms with Gasteiger partial charge >= 0.3 is 5.97 Å². The molecule has 0 bridgehead atoms. The van der Waals surface area contributed by atoms with Gasteiger partial charge in [-0.3, -0.25) is 0 Å². The van der Waals surface area contributed by atoms with Crippen LogP contribution < -0.4 is 9.64 Å². The van der Waals surface area contributed by atoms with Crippen LogP contribution in [0.25, 0.3) is 0 Å². The summed E-state index contributed by atoms with van der Waals surface area (Å²) in [7, 11) is 1.58. The van der Waals surface area contributed by atoms with Crippen molar-refractivity contribution >= 4 is 23.4 Å². The number of benzene rings is 1. The Morgan fingerprint density at radius 3 is 3.04 bits per heavy atom. The minimum atomic E-state index is -1.09. The van der Waals surface area contributed by atoms with E-state index in [4.69, 9.17) is 26.2 Å². The fourth-order valence-corrected chi connectivity index (χ4v) is 2.96. The Hall–Kier alpha value is -2.38. The van der Waals surface area contributed by atoms with E-state index >= 15 is 0 Å². The highest BCUT2D eigenvalue weighted by molar-refractivity contribution is 6.31. The minimum Gasteiger partial charge on any atom is -0.496 e. The van der Waals surface area contributed by atoms with E-state index in [-0.39, 0.29) is 11.8 Å². The van der Waals surface area contributed by atoms with Crippen molar-refractivity contribution in [2.75, 3.05) is 31.7 Å². The van der Waals surface area contributed by atoms with Gasteiger partial charge < -0.3 is 19.5 Å². The van der Waals surface area contributed by atoms with Gasteiger partial charge in [-0.2, -0.15) is 0 Å². The molecule has 1 atom stereocenters. The molecule has 7 nitrogen and oxygen atoms in total. The molecule has 0 saturated carbocycles. The van der Waals surface area contributed by atoms with Gasteiger partial charge in [-0.25, -0.2) is 14.8 Å². The van der Waals surface area contributed by atoms with Crippen molar-refractivity contribution in [1.82, 2.24) is 9.97 Å². The first kappa shape index (κ1) is 16.5. The Kier molecular flexibility index (Phi) is 4.82. The molecule has 24 heavy (non-hydrogen) atoms. The summed E-state index contributed by atoms with van der Waals surface area (Å²) < 4.78 is 11.2. The van der Waals surface area contributed by atoms with Gasteiger partial charge in [-0.05, 0) is 12.1 Å². The number of aromatic carboxylic acids is 1. The highest BCUT2D eigenvalue weighted by Crippen LogP contribution is 2.36. The second kappa shape index (κ2) is 7.02. The summed E-state index contributed by atoms with van der Waals surface area (Å²) in [6.45, 7) is 1.54. The average molecular weight is 350 g/mol. The van der Waals surface area contributed by atoms with Crippen molar-refractivity contribution in [3.8, 4) is 5.75 Å². The lowest BCUT2D eigenvalue weighted by atomic mass is 10.1. The molecular weight excluding hydrogens is 334 g/mol. The molecule has 126 valence electrons. The molecule has 0 aliphatic carbocycles. The molecule has 0 spiro atoms. The number of rotatable bonds is 4. The van der Waals surface area contributed by atoms with Crippen molar-refractivity contribution in [3.05, 3.63) is 46.9 Å². The number of hydrogen-bond acceptors (Lipinski definition) is 6. The Labute approximate surface area is 143 Å². The number of morpholine rings is 1. The maximum Gasteiger partial charge on any atom is 0.354 e. The number of methoxy groups -OCH3 is 1. The van der Waals surface area contributed by atoms with Crippen LogP contribution >= 0.6 is 11.6 Å². The second-order valence-corrected chi connectivity index (χ2v) is 5.64. The minimum absolute atomic E-state index is 0.0432. The number of halogens is 1. The zero-order valence-electron chi connectivity index (χ0n) is 13.0. The lowest BCUT2D eigenvalue weighted by Crippen LogP contribution is -2.39. The van der Waals surface area contributed by atoms with Crippen molar-refractivity contribution in [2.45, 2.75) is 6.10 Å². The Balaban J connectivity index is 1.88. The summed E-state index contributed by atoms with van der Waals surface area (Å²) >= 11 is 6.32. The molecule has 8 heteroatoms. The zero-order valence-corrected chi connectivity index (χ0v) is 13.7. The highest BCUT2D eigenvalue weighted by Gasteiger charge is 2.27. The summed E-state index contributed by atoms with van der Waals surface area (Å²) in [5.74, 6) is 0.112. The van der Waals surface area contributed by atoms with Crippen molar-refractivity contribution < 1.29 is 19.4 Å². The predicted octanol–water partition coefficient (Wildman–Crippen LogP) is 2.41. The number of aromatic nitrogens is 2. The van der Waals surface area contributed by atoms with Crippen LogP contribution in [0.15, 0.2) is 30.6 Å². The summed E-state index contributed by atoms with van der Waals surface area (Å²) in [6.07, 6.45) is 0.949. The van der Waals surface area contributed by atoms with Gasteiger partial charge in [-0.15, -0.1) is 0 Å². The van der Waals surface area contributed by atoms with Gasteiger partial charge in [0, 0.05) is 18.2 Å². The normalized spacial score (nSPS) is 17.6. The summed E-state index contributed by atoms with van der Waals surface area (Å²) in [6, 6.07) is 6.88. The van der Waals surface area contributed by atoms with Crippen LogP contribution in [0.5, 0.6) is 5.75 Å². The van der Waals surface area contributed by atoms with Gasteiger partial charge in [0.15, 0.2) is 5.69 Å². The van der Waals surface area contributed by atoms with Gasteiger partial charge in [-0.1, -0.05) is 17.7 Å². The van der Waals surface area contributed by atoms with Gasteiger partial charge in [0.05, 0.1) is 25.3 Å². The Morgan fingerprint density at radius 1 is 1.46 bits per heavy atom. The molecule has 0 radical (unpaired) electrons. The van der Waals surface area contributed by atoms with Gasteiger partial charge in [0.25, 0.3) is 0 Å². The first-order valence-electron chi connectivity index (χ1n) is 7.34. The summed E-state index contributed by atoms with van der Waals surface area (Å²) in [5.41, 5.74) is 0.734. The quantitative estimate of drug-likeness (QED) is 0.907. The van der Waals surface area contributed by atoms with Crippen LogP contribution in [0.1, 0.15) is 22.2 Å². The molecule has 0 amide bonds. The lowest BCUT2D eigenvalue weighted by Gasteiger charge is -2.34. The maximum atomic E-state index is 11.1. The third-order valence-electron chi connectivity index (χ3n) is 3.82. The fraction of sp³-hybridized carbons (Fsp3) is 0.312. The average Bonchev–Trinajstić information content (AvgIpc) is 2.61. The molecule has 1 fully saturated rings.